The van der Waals surface area contributed by atoms with Crippen LogP contribution in [0.25, 0.3) is 11.0 Å². The molecule has 1 heterocycles. The van der Waals surface area contributed by atoms with Crippen LogP contribution in [0.3, 0.4) is 0 Å². The highest BCUT2D eigenvalue weighted by Crippen LogP contribution is 2.25. The summed E-state index contributed by atoms with van der Waals surface area (Å²) in [5, 5.41) is -0.343. The summed E-state index contributed by atoms with van der Waals surface area (Å²) >= 11 is 5.87. The molecule has 0 aliphatic rings. The third-order valence-electron chi connectivity index (χ3n) is 2.30. The molecule has 1 aromatic heterocycles. The number of imidazole rings is 1. The van der Waals surface area contributed by atoms with E-state index >= 15 is 0 Å². The van der Waals surface area contributed by atoms with Gasteiger partial charge >= 0.3 is 0 Å². The van der Waals surface area contributed by atoms with Gasteiger partial charge in [-0.1, -0.05) is 0 Å². The largest absolute Gasteiger partial charge is 0.330 e. The summed E-state index contributed by atoms with van der Waals surface area (Å²) in [7, 11) is 1.68. The van der Waals surface area contributed by atoms with Crippen molar-refractivity contribution in [3.8, 4) is 0 Å². The van der Waals surface area contributed by atoms with E-state index in [4.69, 9.17) is 11.6 Å². The van der Waals surface area contributed by atoms with Gasteiger partial charge in [-0.2, -0.15) is 0 Å². The minimum atomic E-state index is -0.663. The predicted octanol–water partition coefficient (Wildman–Crippen LogP) is 3.15. The lowest BCUT2D eigenvalue weighted by atomic mass is 10.3. The van der Waals surface area contributed by atoms with E-state index in [2.05, 4.69) is 4.98 Å². The van der Waals surface area contributed by atoms with E-state index in [-0.39, 0.29) is 10.9 Å². The summed E-state index contributed by atoms with van der Waals surface area (Å²) < 4.78 is 27.9. The molecule has 0 N–H and O–H groups in total. The fourth-order valence-corrected chi connectivity index (χ4v) is 1.78. The molecule has 2 aromatic rings. The van der Waals surface area contributed by atoms with Gasteiger partial charge in [0.15, 0.2) is 5.82 Å². The van der Waals surface area contributed by atoms with Gasteiger partial charge in [0.25, 0.3) is 0 Å². The van der Waals surface area contributed by atoms with E-state index in [1.807, 2.05) is 0 Å². The van der Waals surface area contributed by atoms with Crippen LogP contribution in [0.1, 0.15) is 18.1 Å². The van der Waals surface area contributed by atoms with Crippen LogP contribution in [0.2, 0.25) is 0 Å². The van der Waals surface area contributed by atoms with Gasteiger partial charge in [0.1, 0.15) is 17.2 Å². The molecule has 2 rings (SSSR count). The molecule has 0 saturated heterocycles. The van der Waals surface area contributed by atoms with Crippen LogP contribution in [0.4, 0.5) is 8.78 Å². The molecule has 0 radical (unpaired) electrons. The lowest BCUT2D eigenvalue weighted by Crippen LogP contribution is -1.97. The Morgan fingerprint density at radius 3 is 2.67 bits per heavy atom. The first-order valence-electron chi connectivity index (χ1n) is 4.46. The molecular weight excluding hydrogens is 222 g/mol. The number of aromatic nitrogens is 2. The fourth-order valence-electron chi connectivity index (χ4n) is 1.59. The Morgan fingerprint density at radius 1 is 1.40 bits per heavy atom. The standard InChI is InChI=1S/C10H9ClF2N2/c1-5(11)10-14-9-7(13)3-6(12)4-8(9)15(10)2/h3-5H,1-2H3. The van der Waals surface area contributed by atoms with Gasteiger partial charge in [-0.25, -0.2) is 13.8 Å². The Bertz CT molecular complexity index is 520. The van der Waals surface area contributed by atoms with Crippen molar-refractivity contribution in [2.75, 3.05) is 0 Å². The number of nitrogens with zero attached hydrogens (tertiary/aromatic N) is 2. The molecule has 5 heteroatoms. The quantitative estimate of drug-likeness (QED) is 0.688. The summed E-state index contributed by atoms with van der Waals surface area (Å²) in [6, 6.07) is 2.06. The summed E-state index contributed by atoms with van der Waals surface area (Å²) in [6.07, 6.45) is 0. The highest BCUT2D eigenvalue weighted by atomic mass is 35.5. The fraction of sp³-hybridized carbons (Fsp3) is 0.300. The van der Waals surface area contributed by atoms with Gasteiger partial charge < -0.3 is 4.57 Å². The highest BCUT2D eigenvalue weighted by Gasteiger charge is 2.15. The van der Waals surface area contributed by atoms with Gasteiger partial charge in [-0.3, -0.25) is 0 Å². The lowest BCUT2D eigenvalue weighted by Gasteiger charge is -2.02. The zero-order valence-electron chi connectivity index (χ0n) is 8.26. The van der Waals surface area contributed by atoms with Crippen molar-refractivity contribution in [2.24, 2.45) is 7.05 Å². The second kappa shape index (κ2) is 3.45. The van der Waals surface area contributed by atoms with Gasteiger partial charge in [0, 0.05) is 13.1 Å². The molecule has 1 atom stereocenters. The zero-order valence-corrected chi connectivity index (χ0v) is 9.02. The predicted molar refractivity (Wildman–Crippen MR) is 54.9 cm³/mol. The molecule has 0 amide bonds. The van der Waals surface area contributed by atoms with Crippen LogP contribution in [0, 0.1) is 11.6 Å². The van der Waals surface area contributed by atoms with Crippen molar-refractivity contribution in [3.63, 3.8) is 0 Å². The molecule has 0 spiro atoms. The first kappa shape index (κ1) is 10.4. The minimum Gasteiger partial charge on any atom is -0.330 e. The number of hydrogen-bond donors (Lipinski definition) is 0. The maximum atomic E-state index is 13.3. The second-order valence-corrected chi connectivity index (χ2v) is 4.06. The summed E-state index contributed by atoms with van der Waals surface area (Å²) in [6.45, 7) is 1.73. The van der Waals surface area contributed by atoms with E-state index in [0.29, 0.717) is 11.3 Å². The number of alkyl halides is 1. The van der Waals surface area contributed by atoms with Crippen LogP contribution in [-0.2, 0) is 7.05 Å². The van der Waals surface area contributed by atoms with E-state index in [0.717, 1.165) is 6.07 Å². The van der Waals surface area contributed by atoms with Crippen LogP contribution in [0.5, 0.6) is 0 Å². The average Bonchev–Trinajstić information content (AvgIpc) is 2.44. The molecule has 0 fully saturated rings. The molecule has 1 aromatic carbocycles. The maximum absolute atomic E-state index is 13.3. The Morgan fingerprint density at radius 2 is 2.07 bits per heavy atom. The van der Waals surface area contributed by atoms with Gasteiger partial charge in [0.2, 0.25) is 0 Å². The molecule has 80 valence electrons. The van der Waals surface area contributed by atoms with Crippen LogP contribution in [0.15, 0.2) is 12.1 Å². The number of fused-ring (bicyclic) bond motifs is 1. The van der Waals surface area contributed by atoms with Crippen molar-refractivity contribution in [1.29, 1.82) is 0 Å². The Kier molecular flexibility index (Phi) is 2.38. The molecular formula is C10H9ClF2N2. The minimum absolute atomic E-state index is 0.154. The maximum Gasteiger partial charge on any atom is 0.153 e. The lowest BCUT2D eigenvalue weighted by molar-refractivity contribution is 0.590. The average molecular weight is 231 g/mol. The van der Waals surface area contributed by atoms with Crippen molar-refractivity contribution in [1.82, 2.24) is 9.55 Å². The normalized spacial score (nSPS) is 13.4. The van der Waals surface area contributed by atoms with Crippen molar-refractivity contribution in [3.05, 3.63) is 29.6 Å². The van der Waals surface area contributed by atoms with Gasteiger partial charge in [-0.15, -0.1) is 11.6 Å². The number of hydrogen-bond acceptors (Lipinski definition) is 1. The van der Waals surface area contributed by atoms with E-state index < -0.39 is 11.6 Å². The zero-order chi connectivity index (χ0) is 11.2. The summed E-state index contributed by atoms with van der Waals surface area (Å²) in [4.78, 5) is 4.04. The molecule has 0 aliphatic carbocycles. The topological polar surface area (TPSA) is 17.8 Å². The molecule has 15 heavy (non-hydrogen) atoms. The number of benzene rings is 1. The van der Waals surface area contributed by atoms with E-state index in [1.54, 1.807) is 18.5 Å². The van der Waals surface area contributed by atoms with E-state index in [1.165, 1.54) is 6.07 Å². The van der Waals surface area contributed by atoms with Crippen molar-refractivity contribution < 1.29 is 8.78 Å². The third kappa shape index (κ3) is 1.59. The first-order chi connectivity index (χ1) is 7.00. The van der Waals surface area contributed by atoms with Crippen LogP contribution < -0.4 is 0 Å². The molecule has 0 bridgehead atoms. The molecule has 1 unspecified atom stereocenters. The number of aryl methyl sites for hydroxylation is 1. The summed E-state index contributed by atoms with van der Waals surface area (Å²) in [5.41, 5.74) is 0.566. The molecule has 0 aliphatic heterocycles. The Labute approximate surface area is 90.5 Å². The van der Waals surface area contributed by atoms with Gasteiger partial charge in [0.05, 0.1) is 10.9 Å². The third-order valence-corrected chi connectivity index (χ3v) is 2.49. The number of halogens is 3. The highest BCUT2D eigenvalue weighted by molar-refractivity contribution is 6.20. The monoisotopic (exact) mass is 230 g/mol. The van der Waals surface area contributed by atoms with Crippen molar-refractivity contribution >= 4 is 22.6 Å². The van der Waals surface area contributed by atoms with Crippen LogP contribution >= 0.6 is 11.6 Å². The first-order valence-corrected chi connectivity index (χ1v) is 4.89. The smallest absolute Gasteiger partial charge is 0.153 e. The molecule has 0 saturated carbocycles. The SMILES string of the molecule is CC(Cl)c1nc2c(F)cc(F)cc2n1C. The van der Waals surface area contributed by atoms with Crippen molar-refractivity contribution in [2.45, 2.75) is 12.3 Å². The van der Waals surface area contributed by atoms with E-state index in [9.17, 15) is 8.78 Å². The van der Waals surface area contributed by atoms with Crippen LogP contribution in [-0.4, -0.2) is 9.55 Å². The number of rotatable bonds is 1. The Balaban J connectivity index is 2.82. The molecule has 2 nitrogen and oxygen atoms in total. The summed E-state index contributed by atoms with van der Waals surface area (Å²) in [5.74, 6) is -0.753. The Hall–Kier alpha value is -1.16. The second-order valence-electron chi connectivity index (χ2n) is 3.40. The van der Waals surface area contributed by atoms with Gasteiger partial charge in [-0.05, 0) is 13.0 Å².